The molecule has 3 heterocycles. The zero-order chi connectivity index (χ0) is 24.0. The second-order valence-electron chi connectivity index (χ2n) is 8.32. The number of halogens is 2. The Morgan fingerprint density at radius 2 is 2.09 bits per heavy atom. The van der Waals surface area contributed by atoms with E-state index in [0.29, 0.717) is 29.9 Å². The molecule has 34 heavy (non-hydrogen) atoms. The van der Waals surface area contributed by atoms with E-state index in [4.69, 9.17) is 9.47 Å². The summed E-state index contributed by atoms with van der Waals surface area (Å²) in [6.07, 6.45) is 1.56. The van der Waals surface area contributed by atoms with Gasteiger partial charge in [0.05, 0.1) is 0 Å². The molecule has 8 nitrogen and oxygen atoms in total. The molecule has 1 aromatic heterocycles. The van der Waals surface area contributed by atoms with Gasteiger partial charge in [-0.3, -0.25) is 0 Å². The number of ether oxygens (including phenoxy) is 2. The van der Waals surface area contributed by atoms with Crippen molar-refractivity contribution in [2.24, 2.45) is 0 Å². The fourth-order valence-corrected chi connectivity index (χ4v) is 8.12. The van der Waals surface area contributed by atoms with Crippen LogP contribution in [0.25, 0.3) is 10.9 Å². The van der Waals surface area contributed by atoms with E-state index in [0.717, 1.165) is 26.5 Å². The van der Waals surface area contributed by atoms with Gasteiger partial charge in [0.1, 0.15) is 0 Å². The molecule has 0 aliphatic carbocycles. The van der Waals surface area contributed by atoms with Crippen molar-refractivity contribution >= 4 is 46.9 Å². The van der Waals surface area contributed by atoms with Crippen LogP contribution in [0.2, 0.25) is 0 Å². The van der Waals surface area contributed by atoms with Gasteiger partial charge in [0.15, 0.2) is 0 Å². The van der Waals surface area contributed by atoms with E-state index in [2.05, 4.69) is 8.51 Å². The van der Waals surface area contributed by atoms with Crippen LogP contribution >= 0.6 is 20.1 Å². The second kappa shape index (κ2) is 9.08. The number of amides is 1. The summed E-state index contributed by atoms with van der Waals surface area (Å²) in [5.41, 5.74) is 3.34. The third kappa shape index (κ3) is 3.99. The van der Waals surface area contributed by atoms with Crippen LogP contribution in [-0.4, -0.2) is 56.5 Å². The molecule has 0 radical (unpaired) electrons. The van der Waals surface area contributed by atoms with E-state index in [1.807, 2.05) is 31.1 Å². The second-order valence-corrected chi connectivity index (χ2v) is 12.6. The number of benzene rings is 2. The molecule has 0 bridgehead atoms. The number of epoxide rings is 1. The Bertz CT molecular complexity index is 1270. The van der Waals surface area contributed by atoms with Crippen LogP contribution in [0.15, 0.2) is 42.6 Å². The summed E-state index contributed by atoms with van der Waals surface area (Å²) in [4.78, 5) is 33.7. The topological polar surface area (TPSA) is 87.3 Å². The molecule has 1 amide bonds. The van der Waals surface area contributed by atoms with Crippen molar-refractivity contribution in [2.75, 3.05) is 24.7 Å². The quantitative estimate of drug-likeness (QED) is 0.109. The number of fused-ring (bicyclic) bond motifs is 2. The first-order valence-corrected chi connectivity index (χ1v) is 14.2. The van der Waals surface area contributed by atoms with E-state index in [1.165, 1.54) is 19.2 Å². The van der Waals surface area contributed by atoms with Gasteiger partial charge in [-0.1, -0.05) is 0 Å². The molecule has 0 saturated carbocycles. The van der Waals surface area contributed by atoms with E-state index in [-0.39, 0.29) is 22.1 Å². The Labute approximate surface area is 203 Å². The molecular weight excluding hydrogens is 554 g/mol. The van der Waals surface area contributed by atoms with Crippen molar-refractivity contribution in [1.29, 1.82) is 0 Å². The predicted octanol–water partition coefficient (Wildman–Crippen LogP) is 3.81. The van der Waals surface area contributed by atoms with Gasteiger partial charge in [-0.15, -0.1) is 0 Å². The zero-order valence-corrected chi connectivity index (χ0v) is 21.1. The van der Waals surface area contributed by atoms with Crippen LogP contribution in [0, 0.1) is 5.82 Å². The van der Waals surface area contributed by atoms with E-state index in [9.17, 15) is 14.0 Å². The molecule has 2 atom stereocenters. The molecule has 2 aliphatic heterocycles. The fourth-order valence-electron chi connectivity index (χ4n) is 4.23. The Kier molecular flexibility index (Phi) is 6.13. The monoisotopic (exact) mass is 578 g/mol. The number of rotatable bonds is 8. The number of methoxy groups -OCH3 is 1. The molecule has 2 aromatic carbocycles. The van der Waals surface area contributed by atoms with Crippen molar-refractivity contribution in [3.05, 3.63) is 65.1 Å². The Balaban J connectivity index is 1.57. The van der Waals surface area contributed by atoms with Crippen LogP contribution in [0.3, 0.4) is 0 Å². The molecule has 0 spiro atoms. The minimum absolute atomic E-state index is 0.0878. The normalized spacial score (nSPS) is 19.4. The summed E-state index contributed by atoms with van der Waals surface area (Å²) >= 11 is -2.44. The number of carbonyl (C=O) groups excluding carboxylic acids is 2. The number of pyridine rings is 1. The van der Waals surface area contributed by atoms with Crippen LogP contribution in [0.1, 0.15) is 21.5 Å². The van der Waals surface area contributed by atoms with Crippen LogP contribution < -0.4 is 8.27 Å². The van der Waals surface area contributed by atoms with E-state index in [1.54, 1.807) is 23.2 Å². The van der Waals surface area contributed by atoms with E-state index < -0.39 is 20.1 Å². The maximum atomic E-state index is 13.5. The van der Waals surface area contributed by atoms with Crippen LogP contribution in [0.4, 0.5) is 10.1 Å². The summed E-state index contributed by atoms with van der Waals surface area (Å²) in [7, 11) is 5.36. The van der Waals surface area contributed by atoms with Crippen molar-refractivity contribution in [3.8, 4) is 5.75 Å². The number of hydrogen-bond donors (Lipinski definition) is 1. The van der Waals surface area contributed by atoms with Crippen molar-refractivity contribution in [3.63, 3.8) is 0 Å². The van der Waals surface area contributed by atoms with Gasteiger partial charge >= 0.3 is 204 Å². The molecule has 10 heteroatoms. The van der Waals surface area contributed by atoms with Crippen LogP contribution in [-0.2, 0) is 22.6 Å². The van der Waals surface area contributed by atoms with Crippen molar-refractivity contribution in [1.82, 2.24) is 14.8 Å². The van der Waals surface area contributed by atoms with Crippen molar-refractivity contribution in [2.45, 2.75) is 23.4 Å². The number of carbonyl (C=O) groups is 2. The van der Waals surface area contributed by atoms with Gasteiger partial charge < -0.3 is 0 Å². The number of hydrogen-bond acceptors (Lipinski definition) is 7. The molecule has 1 saturated heterocycles. The van der Waals surface area contributed by atoms with Crippen LogP contribution in [0.5, 0.6) is 5.75 Å². The molecule has 1 fully saturated rings. The molecule has 2 aliphatic rings. The van der Waals surface area contributed by atoms with Gasteiger partial charge in [0.2, 0.25) is 0 Å². The summed E-state index contributed by atoms with van der Waals surface area (Å²) in [5.74, 6) is -0.0933. The number of alkyl halides is 1. The zero-order valence-electron chi connectivity index (χ0n) is 18.9. The Morgan fingerprint density at radius 3 is 2.74 bits per heavy atom. The molecule has 5 rings (SSSR count). The first kappa shape index (κ1) is 22.9. The standard InChI is InChI=1S/C24H24FIN4O4/c1-29(2)24-22(34-24)26(13-31)28-19-16-5-4-10-27-20(16)21(33-3)18-17(19)12-30(23(18)32)11-14-6-8-15(25)9-7-14/h4-10,13,22,24,28H,11-12H2,1-3H3. The molecule has 2 unspecified atom stereocenters. The molecular formula is C24H24FIN4O4. The summed E-state index contributed by atoms with van der Waals surface area (Å²) in [6.45, 7) is 0.658. The van der Waals surface area contributed by atoms with Crippen molar-refractivity contribution < 1.29 is 23.5 Å². The predicted molar refractivity (Wildman–Crippen MR) is 135 cm³/mol. The van der Waals surface area contributed by atoms with Gasteiger partial charge in [-0.25, -0.2) is 0 Å². The average molecular weight is 578 g/mol. The van der Waals surface area contributed by atoms with Gasteiger partial charge in [-0.05, 0) is 0 Å². The molecule has 3 aromatic rings. The minimum atomic E-state index is -2.44. The summed E-state index contributed by atoms with van der Waals surface area (Å²) < 4.78 is 29.1. The average Bonchev–Trinajstić information content (AvgIpc) is 3.58. The molecule has 1 N–H and O–H groups in total. The Morgan fingerprint density at radius 1 is 1.32 bits per heavy atom. The SMILES string of the molecule is COc1c2c(c(NI(C=O)C3OC3N(C)C)c3cccnc13)CN(Cc1ccc(F)cc1)C2=O. The molecule has 178 valence electrons. The fraction of sp³-hybridized carbons (Fsp3) is 0.292. The first-order chi connectivity index (χ1) is 16.4. The van der Waals surface area contributed by atoms with Gasteiger partial charge in [0.25, 0.3) is 0 Å². The number of likely N-dealkylation sites (N-methyl/N-ethyl adjacent to an activating group) is 1. The van der Waals surface area contributed by atoms with Gasteiger partial charge in [0, 0.05) is 0 Å². The van der Waals surface area contributed by atoms with E-state index >= 15 is 0 Å². The third-order valence-corrected chi connectivity index (χ3v) is 9.86. The maximum absolute atomic E-state index is 13.5. The third-order valence-electron chi connectivity index (χ3n) is 5.92. The number of anilines is 1. The summed E-state index contributed by atoms with van der Waals surface area (Å²) in [5, 5.41) is 0.792. The summed E-state index contributed by atoms with van der Waals surface area (Å²) in [6, 6.07) is 9.84. The number of aromatic nitrogens is 1. The number of nitrogens with zero attached hydrogens (tertiary/aromatic N) is 3. The van der Waals surface area contributed by atoms with Gasteiger partial charge in [-0.2, -0.15) is 0 Å². The Hall–Kier alpha value is -2.83. The number of nitrogens with one attached hydrogen (secondary N) is 1. The first-order valence-electron chi connectivity index (χ1n) is 10.6.